The Hall–Kier alpha value is -2.76. The van der Waals surface area contributed by atoms with Crippen LogP contribution in [0.4, 0.5) is 0 Å². The summed E-state index contributed by atoms with van der Waals surface area (Å²) in [5, 5.41) is 7.43. The molecular formula is C21H27N5O. The number of rotatable bonds is 5. The second-order valence-electron chi connectivity index (χ2n) is 8.01. The summed E-state index contributed by atoms with van der Waals surface area (Å²) in [6.45, 7) is 10.4. The van der Waals surface area contributed by atoms with Crippen LogP contribution < -0.4 is 5.32 Å². The van der Waals surface area contributed by atoms with Gasteiger partial charge in [-0.15, -0.1) is 0 Å². The van der Waals surface area contributed by atoms with Crippen LogP contribution in [0.25, 0.3) is 5.78 Å². The fourth-order valence-electron chi connectivity index (χ4n) is 3.43. The van der Waals surface area contributed by atoms with Crippen LogP contribution in [-0.4, -0.2) is 25.5 Å². The Morgan fingerprint density at radius 3 is 2.56 bits per heavy atom. The molecule has 2 aromatic heterocycles. The van der Waals surface area contributed by atoms with Crippen molar-refractivity contribution in [3.63, 3.8) is 0 Å². The first kappa shape index (κ1) is 19.0. The molecule has 3 aromatic rings. The van der Waals surface area contributed by atoms with Gasteiger partial charge in [0.15, 0.2) is 0 Å². The summed E-state index contributed by atoms with van der Waals surface area (Å²) >= 11 is 0. The maximum absolute atomic E-state index is 12.7. The Labute approximate surface area is 160 Å². The third-order valence-corrected chi connectivity index (χ3v) is 4.89. The highest BCUT2D eigenvalue weighted by Crippen LogP contribution is 2.32. The van der Waals surface area contributed by atoms with Gasteiger partial charge in [-0.25, -0.2) is 9.50 Å². The molecule has 0 spiro atoms. The number of hydrogen-bond donors (Lipinski definition) is 1. The number of nitrogens with one attached hydrogen (secondary N) is 1. The summed E-state index contributed by atoms with van der Waals surface area (Å²) in [4.78, 5) is 21.3. The maximum Gasteiger partial charge on any atom is 0.252 e. The van der Waals surface area contributed by atoms with E-state index in [0.717, 1.165) is 22.5 Å². The van der Waals surface area contributed by atoms with Crippen LogP contribution in [-0.2, 0) is 11.2 Å². The average molecular weight is 365 g/mol. The van der Waals surface area contributed by atoms with Crippen LogP contribution in [0.1, 0.15) is 55.7 Å². The fourth-order valence-corrected chi connectivity index (χ4v) is 3.43. The summed E-state index contributed by atoms with van der Waals surface area (Å²) in [5.41, 5.74) is 3.98. The largest absolute Gasteiger partial charge is 0.349 e. The molecule has 0 bridgehead atoms. The molecule has 0 saturated carbocycles. The van der Waals surface area contributed by atoms with Crippen LogP contribution in [0.3, 0.4) is 0 Å². The van der Waals surface area contributed by atoms with Crippen molar-refractivity contribution in [3.8, 4) is 0 Å². The summed E-state index contributed by atoms with van der Waals surface area (Å²) in [6, 6.07) is 10.1. The lowest BCUT2D eigenvalue weighted by molar-refractivity contribution is -0.122. The monoisotopic (exact) mass is 365 g/mol. The minimum atomic E-state index is -0.0793. The number of aromatic nitrogens is 4. The number of nitrogens with zero attached hydrogens (tertiary/aromatic N) is 4. The number of aryl methyl sites for hydroxylation is 2. The third kappa shape index (κ3) is 4.15. The molecule has 1 unspecified atom stereocenters. The van der Waals surface area contributed by atoms with Gasteiger partial charge in [-0.2, -0.15) is 10.1 Å². The number of amides is 1. The molecule has 0 saturated heterocycles. The highest BCUT2D eigenvalue weighted by molar-refractivity contribution is 5.77. The van der Waals surface area contributed by atoms with Crippen molar-refractivity contribution < 1.29 is 4.79 Å². The van der Waals surface area contributed by atoms with Crippen molar-refractivity contribution in [2.45, 2.75) is 53.5 Å². The molecule has 3 rings (SSSR count). The molecule has 142 valence electrons. The molecule has 1 amide bonds. The van der Waals surface area contributed by atoms with Gasteiger partial charge < -0.3 is 5.32 Å². The number of carbonyl (C=O) groups is 1. The van der Waals surface area contributed by atoms with Gasteiger partial charge >= 0.3 is 0 Å². The van der Waals surface area contributed by atoms with Crippen molar-refractivity contribution in [2.24, 2.45) is 5.41 Å². The fraction of sp³-hybridized carbons (Fsp3) is 0.429. The van der Waals surface area contributed by atoms with Gasteiger partial charge in [-0.1, -0.05) is 51.1 Å². The maximum atomic E-state index is 12.7. The van der Waals surface area contributed by atoms with E-state index >= 15 is 0 Å². The molecule has 27 heavy (non-hydrogen) atoms. The molecule has 6 heteroatoms. The minimum Gasteiger partial charge on any atom is -0.349 e. The summed E-state index contributed by atoms with van der Waals surface area (Å²) in [6.07, 6.45) is 2.53. The van der Waals surface area contributed by atoms with E-state index in [4.69, 9.17) is 0 Å². The standard InChI is InChI=1S/C21H27N5O/c1-14-17(15(2)26-20(24-14)22-13-23-26)11-12-18(27)25-19(21(3,4)5)16-9-7-6-8-10-16/h6-10,13,19H,11-12H2,1-5H3,(H,25,27). The lowest BCUT2D eigenvalue weighted by atomic mass is 9.82. The molecule has 1 aromatic carbocycles. The SMILES string of the molecule is Cc1nc2ncnn2c(C)c1CCC(=O)NC(c1ccccc1)C(C)(C)C. The van der Waals surface area contributed by atoms with E-state index in [1.807, 2.05) is 32.0 Å². The van der Waals surface area contributed by atoms with E-state index in [0.29, 0.717) is 18.6 Å². The van der Waals surface area contributed by atoms with Crippen LogP contribution in [0.2, 0.25) is 0 Å². The number of hydrogen-bond acceptors (Lipinski definition) is 4. The summed E-state index contributed by atoms with van der Waals surface area (Å²) in [5.74, 6) is 0.631. The van der Waals surface area contributed by atoms with E-state index in [1.54, 1.807) is 4.52 Å². The van der Waals surface area contributed by atoms with Gasteiger partial charge in [0.2, 0.25) is 5.91 Å². The first-order valence-corrected chi connectivity index (χ1v) is 9.27. The predicted octanol–water partition coefficient (Wildman–Crippen LogP) is 3.58. The number of fused-ring (bicyclic) bond motifs is 1. The third-order valence-electron chi connectivity index (χ3n) is 4.89. The summed E-state index contributed by atoms with van der Waals surface area (Å²) < 4.78 is 1.72. The molecule has 1 N–H and O–H groups in total. The van der Waals surface area contributed by atoms with Crippen LogP contribution in [0.5, 0.6) is 0 Å². The van der Waals surface area contributed by atoms with Crippen LogP contribution in [0.15, 0.2) is 36.7 Å². The van der Waals surface area contributed by atoms with Gasteiger partial charge in [0.25, 0.3) is 5.78 Å². The highest BCUT2D eigenvalue weighted by atomic mass is 16.1. The Morgan fingerprint density at radius 1 is 1.19 bits per heavy atom. The molecule has 0 aliphatic carbocycles. The zero-order valence-electron chi connectivity index (χ0n) is 16.7. The van der Waals surface area contributed by atoms with Gasteiger partial charge in [0, 0.05) is 17.8 Å². The van der Waals surface area contributed by atoms with E-state index in [1.165, 1.54) is 6.33 Å². The van der Waals surface area contributed by atoms with Crippen molar-refractivity contribution in [2.75, 3.05) is 0 Å². The molecule has 0 aliphatic rings. The topological polar surface area (TPSA) is 72.2 Å². The van der Waals surface area contributed by atoms with E-state index in [-0.39, 0.29) is 17.4 Å². The van der Waals surface area contributed by atoms with Crippen LogP contribution >= 0.6 is 0 Å². The predicted molar refractivity (Wildman–Crippen MR) is 105 cm³/mol. The Morgan fingerprint density at radius 2 is 1.89 bits per heavy atom. The lowest BCUT2D eigenvalue weighted by Crippen LogP contribution is -2.36. The van der Waals surface area contributed by atoms with Crippen molar-refractivity contribution in [3.05, 3.63) is 59.2 Å². The Balaban J connectivity index is 1.74. The molecular weight excluding hydrogens is 338 g/mol. The highest BCUT2D eigenvalue weighted by Gasteiger charge is 2.27. The summed E-state index contributed by atoms with van der Waals surface area (Å²) in [7, 11) is 0. The van der Waals surface area contributed by atoms with Crippen LogP contribution in [0, 0.1) is 19.3 Å². The average Bonchev–Trinajstić information content (AvgIpc) is 3.07. The van der Waals surface area contributed by atoms with Gasteiger partial charge in [0.1, 0.15) is 6.33 Å². The zero-order chi connectivity index (χ0) is 19.6. The first-order valence-electron chi connectivity index (χ1n) is 9.27. The normalized spacial score (nSPS) is 12.9. The Kier molecular flexibility index (Phi) is 5.26. The van der Waals surface area contributed by atoms with Gasteiger partial charge in [-0.05, 0) is 36.8 Å². The second-order valence-corrected chi connectivity index (χ2v) is 8.01. The number of carbonyl (C=O) groups excluding carboxylic acids is 1. The smallest absolute Gasteiger partial charge is 0.252 e. The molecule has 0 radical (unpaired) electrons. The minimum absolute atomic E-state index is 0.0377. The molecule has 1 atom stereocenters. The van der Waals surface area contributed by atoms with E-state index in [9.17, 15) is 4.79 Å². The van der Waals surface area contributed by atoms with Crippen molar-refractivity contribution >= 4 is 11.7 Å². The Bertz CT molecular complexity index is 940. The number of benzene rings is 1. The second kappa shape index (κ2) is 7.47. The van der Waals surface area contributed by atoms with Gasteiger partial charge in [-0.3, -0.25) is 4.79 Å². The van der Waals surface area contributed by atoms with E-state index < -0.39 is 0 Å². The molecule has 2 heterocycles. The molecule has 0 fully saturated rings. The molecule has 0 aliphatic heterocycles. The zero-order valence-corrected chi connectivity index (χ0v) is 16.7. The molecule has 6 nitrogen and oxygen atoms in total. The van der Waals surface area contributed by atoms with E-state index in [2.05, 4.69) is 53.3 Å². The van der Waals surface area contributed by atoms with Gasteiger partial charge in [0.05, 0.1) is 6.04 Å². The van der Waals surface area contributed by atoms with Crippen molar-refractivity contribution in [1.29, 1.82) is 0 Å². The van der Waals surface area contributed by atoms with Crippen molar-refractivity contribution in [1.82, 2.24) is 24.9 Å². The first-order chi connectivity index (χ1) is 12.8. The lowest BCUT2D eigenvalue weighted by Gasteiger charge is -2.32. The quantitative estimate of drug-likeness (QED) is 0.750.